The zero-order chi connectivity index (χ0) is 14.0. The van der Waals surface area contributed by atoms with Gasteiger partial charge in [0.1, 0.15) is 0 Å². The van der Waals surface area contributed by atoms with Crippen molar-refractivity contribution >= 4 is 15.9 Å². The number of nitrogens with one attached hydrogen (secondary N) is 1. The third-order valence-electron chi connectivity index (χ3n) is 3.02. The third-order valence-corrected chi connectivity index (χ3v) is 3.48. The standard InChI is InChI=1S/C14H18BrF2NO/c1-14(2,7-18-10-3-4-10)8-19-12-6-9(15)5-11(16)13(12)17/h5-6,10,18H,3-4,7-8H2,1-2H3. The summed E-state index contributed by atoms with van der Waals surface area (Å²) in [6.07, 6.45) is 2.45. The molecule has 0 amide bonds. The van der Waals surface area contributed by atoms with E-state index in [1.807, 2.05) is 13.8 Å². The largest absolute Gasteiger partial charge is 0.490 e. The molecule has 0 unspecified atom stereocenters. The van der Waals surface area contributed by atoms with Crippen LogP contribution in [-0.4, -0.2) is 19.2 Å². The van der Waals surface area contributed by atoms with Gasteiger partial charge in [0.25, 0.3) is 0 Å². The van der Waals surface area contributed by atoms with E-state index in [1.165, 1.54) is 18.9 Å². The van der Waals surface area contributed by atoms with E-state index in [4.69, 9.17) is 4.74 Å². The van der Waals surface area contributed by atoms with Crippen molar-refractivity contribution < 1.29 is 13.5 Å². The molecule has 1 aliphatic rings. The molecule has 0 atom stereocenters. The minimum atomic E-state index is -0.936. The van der Waals surface area contributed by atoms with E-state index in [0.29, 0.717) is 17.1 Å². The molecule has 19 heavy (non-hydrogen) atoms. The van der Waals surface area contributed by atoms with E-state index in [1.54, 1.807) is 0 Å². The number of benzene rings is 1. The zero-order valence-electron chi connectivity index (χ0n) is 11.1. The lowest BCUT2D eigenvalue weighted by atomic mass is 9.95. The van der Waals surface area contributed by atoms with Crippen molar-refractivity contribution in [2.24, 2.45) is 5.41 Å². The molecule has 0 aliphatic heterocycles. The molecule has 2 nitrogen and oxygen atoms in total. The Morgan fingerprint density at radius 2 is 2.05 bits per heavy atom. The van der Waals surface area contributed by atoms with Crippen molar-refractivity contribution in [3.63, 3.8) is 0 Å². The summed E-state index contributed by atoms with van der Waals surface area (Å²) >= 11 is 3.13. The van der Waals surface area contributed by atoms with E-state index in [0.717, 1.165) is 12.6 Å². The van der Waals surface area contributed by atoms with Gasteiger partial charge in [-0.3, -0.25) is 0 Å². The summed E-state index contributed by atoms with van der Waals surface area (Å²) in [5.41, 5.74) is -0.131. The quantitative estimate of drug-likeness (QED) is 0.797. The van der Waals surface area contributed by atoms with Crippen LogP contribution in [0.25, 0.3) is 0 Å². The molecule has 1 aromatic carbocycles. The Morgan fingerprint density at radius 1 is 1.37 bits per heavy atom. The van der Waals surface area contributed by atoms with Crippen molar-refractivity contribution in [2.45, 2.75) is 32.7 Å². The lowest BCUT2D eigenvalue weighted by molar-refractivity contribution is 0.169. The summed E-state index contributed by atoms with van der Waals surface area (Å²) in [5, 5.41) is 3.41. The van der Waals surface area contributed by atoms with E-state index < -0.39 is 11.6 Å². The Kier molecular flexibility index (Phi) is 4.46. The predicted molar refractivity (Wildman–Crippen MR) is 74.4 cm³/mol. The van der Waals surface area contributed by atoms with E-state index >= 15 is 0 Å². The van der Waals surface area contributed by atoms with E-state index in [-0.39, 0.29) is 11.2 Å². The van der Waals surface area contributed by atoms with Gasteiger partial charge in [0.05, 0.1) is 6.61 Å². The van der Waals surface area contributed by atoms with Gasteiger partial charge in [-0.15, -0.1) is 0 Å². The summed E-state index contributed by atoms with van der Waals surface area (Å²) in [5.74, 6) is -1.89. The van der Waals surface area contributed by atoms with Gasteiger partial charge in [-0.05, 0) is 25.0 Å². The molecule has 1 saturated carbocycles. The van der Waals surface area contributed by atoms with Gasteiger partial charge in [0.15, 0.2) is 11.6 Å². The molecule has 106 valence electrons. The van der Waals surface area contributed by atoms with Crippen molar-refractivity contribution in [3.05, 3.63) is 28.2 Å². The Morgan fingerprint density at radius 3 is 2.68 bits per heavy atom. The third kappa shape index (κ3) is 4.42. The van der Waals surface area contributed by atoms with Crippen molar-refractivity contribution in [1.29, 1.82) is 0 Å². The van der Waals surface area contributed by atoms with Crippen LogP contribution in [0.2, 0.25) is 0 Å². The highest BCUT2D eigenvalue weighted by Crippen LogP contribution is 2.27. The second kappa shape index (κ2) is 5.75. The molecule has 0 aromatic heterocycles. The molecule has 0 heterocycles. The molecule has 0 bridgehead atoms. The lowest BCUT2D eigenvalue weighted by Gasteiger charge is -2.25. The number of rotatable bonds is 6. The Bertz CT molecular complexity index is 461. The fourth-order valence-electron chi connectivity index (χ4n) is 1.67. The second-order valence-electron chi connectivity index (χ2n) is 5.81. The predicted octanol–water partition coefficient (Wildman–Crippen LogP) is 3.88. The van der Waals surface area contributed by atoms with Gasteiger partial charge in [-0.25, -0.2) is 4.39 Å². The molecule has 0 spiro atoms. The van der Waals surface area contributed by atoms with Crippen LogP contribution >= 0.6 is 15.9 Å². The van der Waals surface area contributed by atoms with Crippen molar-refractivity contribution in [3.8, 4) is 5.75 Å². The summed E-state index contributed by atoms with van der Waals surface area (Å²) in [4.78, 5) is 0. The maximum Gasteiger partial charge on any atom is 0.200 e. The van der Waals surface area contributed by atoms with Crippen molar-refractivity contribution in [2.75, 3.05) is 13.2 Å². The Balaban J connectivity index is 1.93. The van der Waals surface area contributed by atoms with Crippen LogP contribution in [0.5, 0.6) is 5.75 Å². The number of halogens is 3. The van der Waals surface area contributed by atoms with E-state index in [9.17, 15) is 8.78 Å². The second-order valence-corrected chi connectivity index (χ2v) is 6.72. The lowest BCUT2D eigenvalue weighted by Crippen LogP contribution is -2.35. The molecule has 1 aromatic rings. The first-order valence-corrected chi connectivity index (χ1v) is 7.17. The number of hydrogen-bond donors (Lipinski definition) is 1. The summed E-state index contributed by atoms with van der Waals surface area (Å²) in [6, 6.07) is 3.16. The van der Waals surface area contributed by atoms with Crippen LogP contribution < -0.4 is 10.1 Å². The highest BCUT2D eigenvalue weighted by molar-refractivity contribution is 9.10. The summed E-state index contributed by atoms with van der Waals surface area (Å²) in [7, 11) is 0. The van der Waals surface area contributed by atoms with Gasteiger partial charge >= 0.3 is 0 Å². The Hall–Kier alpha value is -0.680. The van der Waals surface area contributed by atoms with Gasteiger partial charge in [-0.2, -0.15) is 4.39 Å². The Labute approximate surface area is 120 Å². The fourth-order valence-corrected chi connectivity index (χ4v) is 2.08. The van der Waals surface area contributed by atoms with Gasteiger partial charge in [-0.1, -0.05) is 29.8 Å². The SMILES string of the molecule is CC(C)(CNC1CC1)COc1cc(Br)cc(F)c1F. The first kappa shape index (κ1) is 14.7. The summed E-state index contributed by atoms with van der Waals surface area (Å²) < 4.78 is 32.7. The van der Waals surface area contributed by atoms with Crippen LogP contribution in [0.15, 0.2) is 16.6 Å². The first-order chi connectivity index (χ1) is 8.87. The fraction of sp³-hybridized carbons (Fsp3) is 0.571. The zero-order valence-corrected chi connectivity index (χ0v) is 12.7. The van der Waals surface area contributed by atoms with E-state index in [2.05, 4.69) is 21.2 Å². The number of ether oxygens (including phenoxy) is 1. The number of hydrogen-bond acceptors (Lipinski definition) is 2. The average Bonchev–Trinajstić information content (AvgIpc) is 3.13. The van der Waals surface area contributed by atoms with Gasteiger partial charge in [0, 0.05) is 22.5 Å². The molecule has 2 rings (SSSR count). The smallest absolute Gasteiger partial charge is 0.200 e. The molecule has 0 radical (unpaired) electrons. The van der Waals surface area contributed by atoms with Crippen LogP contribution in [-0.2, 0) is 0 Å². The first-order valence-electron chi connectivity index (χ1n) is 6.38. The van der Waals surface area contributed by atoms with Crippen LogP contribution in [0, 0.1) is 17.0 Å². The minimum absolute atomic E-state index is 0.0497. The van der Waals surface area contributed by atoms with Crippen LogP contribution in [0.1, 0.15) is 26.7 Å². The molecular formula is C14H18BrF2NO. The molecule has 1 fully saturated rings. The molecule has 1 N–H and O–H groups in total. The molecule has 1 aliphatic carbocycles. The highest BCUT2D eigenvalue weighted by Gasteiger charge is 2.26. The highest BCUT2D eigenvalue weighted by atomic mass is 79.9. The van der Waals surface area contributed by atoms with Crippen LogP contribution in [0.3, 0.4) is 0 Å². The average molecular weight is 334 g/mol. The van der Waals surface area contributed by atoms with Crippen LogP contribution in [0.4, 0.5) is 8.78 Å². The molecule has 0 saturated heterocycles. The van der Waals surface area contributed by atoms with Gasteiger partial charge in [0.2, 0.25) is 5.82 Å². The molecular weight excluding hydrogens is 316 g/mol. The monoisotopic (exact) mass is 333 g/mol. The minimum Gasteiger partial charge on any atom is -0.490 e. The molecule has 5 heteroatoms. The maximum atomic E-state index is 13.5. The normalized spacial score (nSPS) is 15.6. The summed E-state index contributed by atoms with van der Waals surface area (Å²) in [6.45, 7) is 5.21. The van der Waals surface area contributed by atoms with Gasteiger partial charge < -0.3 is 10.1 Å². The van der Waals surface area contributed by atoms with Crippen molar-refractivity contribution in [1.82, 2.24) is 5.32 Å². The maximum absolute atomic E-state index is 13.5. The topological polar surface area (TPSA) is 21.3 Å².